The van der Waals surface area contributed by atoms with Crippen molar-refractivity contribution in [1.82, 2.24) is 4.72 Å². The van der Waals surface area contributed by atoms with E-state index in [0.29, 0.717) is 11.5 Å². The lowest BCUT2D eigenvalue weighted by Gasteiger charge is -2.18. The van der Waals surface area contributed by atoms with Gasteiger partial charge in [-0.2, -0.15) is 17.9 Å². The van der Waals surface area contributed by atoms with Gasteiger partial charge in [0.25, 0.3) is 0 Å². The second kappa shape index (κ2) is 8.25. The minimum absolute atomic E-state index is 0.0664. The molecule has 0 aliphatic carbocycles. The molecule has 0 radical (unpaired) electrons. The van der Waals surface area contributed by atoms with E-state index in [1.807, 2.05) is 12.1 Å². The minimum atomic E-state index is -4.75. The van der Waals surface area contributed by atoms with Crippen LogP contribution in [0.25, 0.3) is 10.8 Å². The molecular formula is C20H16ClF3N2O3S. The zero-order valence-corrected chi connectivity index (χ0v) is 17.1. The number of halogens is 4. The molecule has 3 aromatic carbocycles. The fourth-order valence-corrected chi connectivity index (χ4v) is 4.20. The van der Waals surface area contributed by atoms with Crippen molar-refractivity contribution >= 4 is 44.0 Å². The van der Waals surface area contributed by atoms with E-state index in [2.05, 4.69) is 10.0 Å². The van der Waals surface area contributed by atoms with Gasteiger partial charge in [-0.3, -0.25) is 4.79 Å². The lowest BCUT2D eigenvalue weighted by atomic mass is 10.1. The summed E-state index contributed by atoms with van der Waals surface area (Å²) in [6.45, 7) is 1.23. The van der Waals surface area contributed by atoms with Gasteiger partial charge in [-0.05, 0) is 48.0 Å². The number of alkyl halides is 3. The molecule has 158 valence electrons. The highest BCUT2D eigenvalue weighted by Crippen LogP contribution is 2.36. The van der Waals surface area contributed by atoms with E-state index in [9.17, 15) is 26.4 Å². The smallest absolute Gasteiger partial charge is 0.324 e. The fraction of sp³-hybridized carbons (Fsp3) is 0.150. The summed E-state index contributed by atoms with van der Waals surface area (Å²) in [6, 6.07) is 13.1. The first-order chi connectivity index (χ1) is 14.0. The van der Waals surface area contributed by atoms with Gasteiger partial charge in [-0.25, -0.2) is 8.42 Å². The van der Waals surface area contributed by atoms with Crippen LogP contribution in [0.4, 0.5) is 18.9 Å². The van der Waals surface area contributed by atoms with Crippen LogP contribution in [-0.2, 0) is 21.0 Å². The molecule has 3 rings (SSSR count). The van der Waals surface area contributed by atoms with Gasteiger partial charge in [0.05, 0.1) is 22.2 Å². The molecule has 0 aromatic heterocycles. The maximum absolute atomic E-state index is 13.2. The summed E-state index contributed by atoms with van der Waals surface area (Å²) in [6.07, 6.45) is -4.75. The number of carbonyl (C=O) groups excluding carboxylic acids is 1. The first kappa shape index (κ1) is 22.1. The zero-order chi connectivity index (χ0) is 22.1. The Balaban J connectivity index is 1.80. The van der Waals surface area contributed by atoms with Crippen LogP contribution in [0.1, 0.15) is 12.5 Å². The fourth-order valence-electron chi connectivity index (χ4n) is 2.79. The molecule has 0 bridgehead atoms. The summed E-state index contributed by atoms with van der Waals surface area (Å²) in [7, 11) is -4.09. The van der Waals surface area contributed by atoms with Gasteiger partial charge >= 0.3 is 6.18 Å². The highest BCUT2D eigenvalue weighted by molar-refractivity contribution is 7.89. The second-order valence-electron chi connectivity index (χ2n) is 6.53. The van der Waals surface area contributed by atoms with Gasteiger partial charge in [-0.15, -0.1) is 0 Å². The molecule has 3 aromatic rings. The Kier molecular flexibility index (Phi) is 6.07. The third kappa shape index (κ3) is 4.92. The number of fused-ring (bicyclic) bond motifs is 1. The molecule has 0 aliphatic rings. The van der Waals surface area contributed by atoms with Crippen LogP contribution in [0.15, 0.2) is 65.6 Å². The van der Waals surface area contributed by atoms with E-state index in [1.165, 1.54) is 25.1 Å². The van der Waals surface area contributed by atoms with E-state index >= 15 is 0 Å². The van der Waals surface area contributed by atoms with Gasteiger partial charge in [0.1, 0.15) is 0 Å². The van der Waals surface area contributed by atoms with Crippen molar-refractivity contribution < 1.29 is 26.4 Å². The summed E-state index contributed by atoms with van der Waals surface area (Å²) in [4.78, 5) is 12.3. The Morgan fingerprint density at radius 2 is 1.67 bits per heavy atom. The number of rotatable bonds is 5. The number of sulfonamides is 1. The van der Waals surface area contributed by atoms with E-state index in [4.69, 9.17) is 11.6 Å². The Hall–Kier alpha value is -2.62. The van der Waals surface area contributed by atoms with Crippen molar-refractivity contribution in [3.63, 3.8) is 0 Å². The lowest BCUT2D eigenvalue weighted by Crippen LogP contribution is -2.41. The first-order valence-electron chi connectivity index (χ1n) is 8.66. The minimum Gasteiger partial charge on any atom is -0.324 e. The highest BCUT2D eigenvalue weighted by atomic mass is 35.5. The predicted molar refractivity (Wildman–Crippen MR) is 109 cm³/mol. The quantitative estimate of drug-likeness (QED) is 0.578. The number of nitrogens with one attached hydrogen (secondary N) is 2. The summed E-state index contributed by atoms with van der Waals surface area (Å²) in [5.74, 6) is -0.952. The molecule has 0 aliphatic heterocycles. The largest absolute Gasteiger partial charge is 0.418 e. The number of hydrogen-bond donors (Lipinski definition) is 2. The third-order valence-corrected chi connectivity index (χ3v) is 6.07. The second-order valence-corrected chi connectivity index (χ2v) is 8.68. The average Bonchev–Trinajstić information content (AvgIpc) is 2.67. The SMILES string of the molecule is C[C@@H](NS(=O)(=O)c1ccc2ccccc2c1)C(=O)Nc1ccc(Cl)cc1C(F)(F)F. The molecule has 0 spiro atoms. The monoisotopic (exact) mass is 456 g/mol. The van der Waals surface area contributed by atoms with Crippen molar-refractivity contribution in [3.05, 3.63) is 71.2 Å². The maximum atomic E-state index is 13.2. The predicted octanol–water partition coefficient (Wildman–Crippen LogP) is 4.82. The molecule has 0 unspecified atom stereocenters. The summed E-state index contributed by atoms with van der Waals surface area (Å²) >= 11 is 5.61. The number of benzene rings is 3. The van der Waals surface area contributed by atoms with Crippen LogP contribution in [0.2, 0.25) is 5.02 Å². The van der Waals surface area contributed by atoms with E-state index < -0.39 is 39.4 Å². The molecule has 10 heteroatoms. The van der Waals surface area contributed by atoms with Crippen LogP contribution in [-0.4, -0.2) is 20.4 Å². The van der Waals surface area contributed by atoms with Crippen molar-refractivity contribution in [3.8, 4) is 0 Å². The Morgan fingerprint density at radius 1 is 1.00 bits per heavy atom. The Labute approximate surface area is 175 Å². The molecule has 0 fully saturated rings. The van der Waals surface area contributed by atoms with Gasteiger partial charge in [0.2, 0.25) is 15.9 Å². The molecule has 0 saturated carbocycles. The Morgan fingerprint density at radius 3 is 2.33 bits per heavy atom. The van der Waals surface area contributed by atoms with Crippen LogP contribution in [0, 0.1) is 0 Å². The molecule has 30 heavy (non-hydrogen) atoms. The molecule has 1 amide bonds. The summed E-state index contributed by atoms with van der Waals surface area (Å²) < 4.78 is 67.0. The zero-order valence-electron chi connectivity index (χ0n) is 15.5. The normalized spacial score (nSPS) is 13.2. The Bertz CT molecular complexity index is 1210. The van der Waals surface area contributed by atoms with Gasteiger partial charge in [0.15, 0.2) is 0 Å². The number of carbonyl (C=O) groups is 1. The molecule has 1 atom stereocenters. The van der Waals surface area contributed by atoms with Crippen LogP contribution >= 0.6 is 11.6 Å². The standard InChI is InChI=1S/C20H16ClF3N2O3S/c1-12(19(27)25-18-9-7-15(21)11-17(18)20(22,23)24)26-30(28,29)16-8-6-13-4-2-3-5-14(13)10-16/h2-12,26H,1H3,(H,25,27)/t12-/m1/s1. The van der Waals surface area contributed by atoms with Crippen LogP contribution in [0.3, 0.4) is 0 Å². The first-order valence-corrected chi connectivity index (χ1v) is 10.5. The van der Waals surface area contributed by atoms with Gasteiger partial charge < -0.3 is 5.32 Å². The third-order valence-electron chi connectivity index (χ3n) is 4.30. The van der Waals surface area contributed by atoms with Crippen molar-refractivity contribution in [2.45, 2.75) is 24.0 Å². The van der Waals surface area contributed by atoms with E-state index in [0.717, 1.165) is 11.5 Å². The van der Waals surface area contributed by atoms with Gasteiger partial charge in [0, 0.05) is 5.02 Å². The summed E-state index contributed by atoms with van der Waals surface area (Å²) in [5.41, 5.74) is -1.65. The molecular weight excluding hydrogens is 441 g/mol. The number of amides is 1. The lowest BCUT2D eigenvalue weighted by molar-refractivity contribution is -0.137. The van der Waals surface area contributed by atoms with Crippen LogP contribution < -0.4 is 10.0 Å². The van der Waals surface area contributed by atoms with Crippen molar-refractivity contribution in [2.75, 3.05) is 5.32 Å². The van der Waals surface area contributed by atoms with Crippen molar-refractivity contribution in [1.29, 1.82) is 0 Å². The van der Waals surface area contributed by atoms with Crippen LogP contribution in [0.5, 0.6) is 0 Å². The summed E-state index contributed by atoms with van der Waals surface area (Å²) in [5, 5.41) is 3.48. The van der Waals surface area contributed by atoms with E-state index in [1.54, 1.807) is 18.2 Å². The number of anilines is 1. The van der Waals surface area contributed by atoms with Gasteiger partial charge in [-0.1, -0.05) is 41.9 Å². The van der Waals surface area contributed by atoms with Crippen molar-refractivity contribution in [2.24, 2.45) is 0 Å². The molecule has 2 N–H and O–H groups in total. The maximum Gasteiger partial charge on any atom is 0.418 e. The molecule has 5 nitrogen and oxygen atoms in total. The highest BCUT2D eigenvalue weighted by Gasteiger charge is 2.34. The topological polar surface area (TPSA) is 75.3 Å². The van der Waals surface area contributed by atoms with E-state index in [-0.39, 0.29) is 9.92 Å². The molecule has 0 heterocycles. The molecule has 0 saturated heterocycles. The average molecular weight is 457 g/mol. The number of hydrogen-bond acceptors (Lipinski definition) is 3.